The summed E-state index contributed by atoms with van der Waals surface area (Å²) in [7, 11) is 0. The predicted molar refractivity (Wildman–Crippen MR) is 74.8 cm³/mol. The van der Waals surface area contributed by atoms with E-state index in [4.69, 9.17) is 4.74 Å². The standard InChI is InChI=1S/C15H21NO3/c1-11(2)19-10-12-5-6-14(13(9-12)15(17)18)16-7-3-4-8-16/h5-6,9,11H,3-4,7-8,10H2,1-2H3,(H,17,18). The van der Waals surface area contributed by atoms with E-state index in [2.05, 4.69) is 4.90 Å². The summed E-state index contributed by atoms with van der Waals surface area (Å²) in [5.74, 6) is -0.867. The van der Waals surface area contributed by atoms with E-state index in [1.54, 1.807) is 6.07 Å². The summed E-state index contributed by atoms with van der Waals surface area (Å²) in [6.07, 6.45) is 2.42. The zero-order chi connectivity index (χ0) is 13.8. The maximum atomic E-state index is 11.4. The molecule has 1 N–H and O–H groups in total. The second kappa shape index (κ2) is 6.06. The van der Waals surface area contributed by atoms with Crippen molar-refractivity contribution in [3.8, 4) is 0 Å². The lowest BCUT2D eigenvalue weighted by molar-refractivity contribution is 0.0653. The second-order valence-corrected chi connectivity index (χ2v) is 5.21. The van der Waals surface area contributed by atoms with Gasteiger partial charge in [0.05, 0.1) is 24.0 Å². The Bertz CT molecular complexity index is 451. The van der Waals surface area contributed by atoms with Crippen LogP contribution in [0, 0.1) is 0 Å². The molecule has 1 aromatic rings. The summed E-state index contributed by atoms with van der Waals surface area (Å²) in [5, 5.41) is 9.36. The lowest BCUT2D eigenvalue weighted by atomic mass is 10.1. The molecule has 1 aromatic carbocycles. The van der Waals surface area contributed by atoms with Gasteiger partial charge in [0.1, 0.15) is 0 Å². The Morgan fingerprint density at radius 3 is 2.63 bits per heavy atom. The third-order valence-electron chi connectivity index (χ3n) is 3.32. The summed E-state index contributed by atoms with van der Waals surface area (Å²) in [6.45, 7) is 6.29. The summed E-state index contributed by atoms with van der Waals surface area (Å²) in [5.41, 5.74) is 2.12. The van der Waals surface area contributed by atoms with Gasteiger partial charge in [0, 0.05) is 13.1 Å². The molecule has 1 saturated heterocycles. The summed E-state index contributed by atoms with van der Waals surface area (Å²) in [6, 6.07) is 5.61. The normalized spacial score (nSPS) is 15.2. The van der Waals surface area contributed by atoms with Gasteiger partial charge in [0.25, 0.3) is 0 Å². The molecule has 4 heteroatoms. The molecule has 1 aliphatic rings. The van der Waals surface area contributed by atoms with Crippen LogP contribution in [0.1, 0.15) is 42.6 Å². The first-order valence-electron chi connectivity index (χ1n) is 6.80. The molecule has 1 aliphatic heterocycles. The van der Waals surface area contributed by atoms with Crippen LogP contribution in [0.4, 0.5) is 5.69 Å². The molecule has 0 amide bonds. The van der Waals surface area contributed by atoms with E-state index >= 15 is 0 Å². The average molecular weight is 263 g/mol. The highest BCUT2D eigenvalue weighted by Gasteiger charge is 2.19. The van der Waals surface area contributed by atoms with Crippen LogP contribution in [0.15, 0.2) is 18.2 Å². The molecule has 0 atom stereocenters. The fourth-order valence-corrected chi connectivity index (χ4v) is 2.34. The van der Waals surface area contributed by atoms with Crippen molar-refractivity contribution in [3.05, 3.63) is 29.3 Å². The first kappa shape index (κ1) is 13.9. The highest BCUT2D eigenvalue weighted by Crippen LogP contribution is 2.26. The van der Waals surface area contributed by atoms with E-state index in [1.165, 1.54) is 0 Å². The molecule has 104 valence electrons. The van der Waals surface area contributed by atoms with Gasteiger partial charge in [-0.15, -0.1) is 0 Å². The Morgan fingerprint density at radius 1 is 1.37 bits per heavy atom. The summed E-state index contributed by atoms with van der Waals surface area (Å²) in [4.78, 5) is 13.6. The Labute approximate surface area is 114 Å². The van der Waals surface area contributed by atoms with Gasteiger partial charge in [-0.25, -0.2) is 4.79 Å². The van der Waals surface area contributed by atoms with Crippen molar-refractivity contribution in [3.63, 3.8) is 0 Å². The van der Waals surface area contributed by atoms with Crippen LogP contribution in [0.3, 0.4) is 0 Å². The lowest BCUT2D eigenvalue weighted by Crippen LogP contribution is -2.20. The van der Waals surface area contributed by atoms with E-state index in [0.29, 0.717) is 12.2 Å². The van der Waals surface area contributed by atoms with E-state index in [1.807, 2.05) is 26.0 Å². The van der Waals surface area contributed by atoms with E-state index in [-0.39, 0.29) is 6.10 Å². The number of carboxylic acid groups (broad SMARTS) is 1. The van der Waals surface area contributed by atoms with Gasteiger partial charge in [-0.1, -0.05) is 6.07 Å². The molecule has 4 nitrogen and oxygen atoms in total. The number of rotatable bonds is 5. The Morgan fingerprint density at radius 2 is 2.05 bits per heavy atom. The molecule has 1 fully saturated rings. The number of ether oxygens (including phenoxy) is 1. The quantitative estimate of drug-likeness (QED) is 0.887. The molecule has 0 unspecified atom stereocenters. The number of benzene rings is 1. The maximum absolute atomic E-state index is 11.4. The maximum Gasteiger partial charge on any atom is 0.337 e. The Hall–Kier alpha value is -1.55. The zero-order valence-electron chi connectivity index (χ0n) is 11.6. The molecule has 1 heterocycles. The van der Waals surface area contributed by atoms with Crippen LogP contribution in [0.5, 0.6) is 0 Å². The minimum atomic E-state index is -0.867. The predicted octanol–water partition coefficient (Wildman–Crippen LogP) is 2.91. The number of nitrogens with zero attached hydrogens (tertiary/aromatic N) is 1. The van der Waals surface area contributed by atoms with E-state index in [9.17, 15) is 9.90 Å². The van der Waals surface area contributed by atoms with Gasteiger partial charge in [-0.05, 0) is 44.4 Å². The van der Waals surface area contributed by atoms with Crippen molar-refractivity contribution in [2.24, 2.45) is 0 Å². The van der Waals surface area contributed by atoms with Gasteiger partial charge >= 0.3 is 5.97 Å². The van der Waals surface area contributed by atoms with Crippen molar-refractivity contribution in [1.82, 2.24) is 0 Å². The SMILES string of the molecule is CC(C)OCc1ccc(N2CCCC2)c(C(=O)O)c1. The number of hydrogen-bond acceptors (Lipinski definition) is 3. The topological polar surface area (TPSA) is 49.8 Å². The third kappa shape index (κ3) is 3.47. The minimum Gasteiger partial charge on any atom is -0.478 e. The Kier molecular flexibility index (Phi) is 4.43. The fourth-order valence-electron chi connectivity index (χ4n) is 2.34. The number of hydrogen-bond donors (Lipinski definition) is 1. The van der Waals surface area contributed by atoms with Crippen molar-refractivity contribution >= 4 is 11.7 Å². The number of anilines is 1. The molecular formula is C15H21NO3. The van der Waals surface area contributed by atoms with Gasteiger partial charge in [0.2, 0.25) is 0 Å². The van der Waals surface area contributed by atoms with Crippen LogP contribution < -0.4 is 4.90 Å². The summed E-state index contributed by atoms with van der Waals surface area (Å²) < 4.78 is 5.52. The zero-order valence-corrected chi connectivity index (χ0v) is 11.6. The van der Waals surface area contributed by atoms with Gasteiger partial charge in [-0.3, -0.25) is 0 Å². The first-order valence-corrected chi connectivity index (χ1v) is 6.80. The van der Waals surface area contributed by atoms with Crippen LogP contribution >= 0.6 is 0 Å². The van der Waals surface area contributed by atoms with Gasteiger partial charge < -0.3 is 14.7 Å². The van der Waals surface area contributed by atoms with Gasteiger partial charge in [-0.2, -0.15) is 0 Å². The molecule has 0 spiro atoms. The highest BCUT2D eigenvalue weighted by molar-refractivity contribution is 5.94. The smallest absolute Gasteiger partial charge is 0.337 e. The monoisotopic (exact) mass is 263 g/mol. The van der Waals surface area contributed by atoms with Crippen molar-refractivity contribution in [2.45, 2.75) is 39.4 Å². The minimum absolute atomic E-state index is 0.145. The van der Waals surface area contributed by atoms with E-state index in [0.717, 1.165) is 37.2 Å². The highest BCUT2D eigenvalue weighted by atomic mass is 16.5. The van der Waals surface area contributed by atoms with Crippen LogP contribution in [-0.2, 0) is 11.3 Å². The van der Waals surface area contributed by atoms with Crippen molar-refractivity contribution in [2.75, 3.05) is 18.0 Å². The first-order chi connectivity index (χ1) is 9.08. The third-order valence-corrected chi connectivity index (χ3v) is 3.32. The number of aromatic carboxylic acids is 1. The second-order valence-electron chi connectivity index (χ2n) is 5.21. The van der Waals surface area contributed by atoms with Gasteiger partial charge in [0.15, 0.2) is 0 Å². The largest absolute Gasteiger partial charge is 0.478 e. The molecule has 0 aliphatic carbocycles. The average Bonchev–Trinajstić information content (AvgIpc) is 2.89. The molecular weight excluding hydrogens is 242 g/mol. The molecule has 19 heavy (non-hydrogen) atoms. The van der Waals surface area contributed by atoms with Crippen molar-refractivity contribution in [1.29, 1.82) is 0 Å². The molecule has 0 bridgehead atoms. The molecule has 2 rings (SSSR count). The van der Waals surface area contributed by atoms with Crippen LogP contribution in [0.25, 0.3) is 0 Å². The lowest BCUT2D eigenvalue weighted by Gasteiger charge is -2.20. The number of carboxylic acids is 1. The molecule has 0 radical (unpaired) electrons. The molecule has 0 aromatic heterocycles. The number of carbonyl (C=O) groups is 1. The van der Waals surface area contributed by atoms with Crippen LogP contribution in [0.2, 0.25) is 0 Å². The Balaban J connectivity index is 2.22. The fraction of sp³-hybridized carbons (Fsp3) is 0.533. The van der Waals surface area contributed by atoms with Crippen molar-refractivity contribution < 1.29 is 14.6 Å². The summed E-state index contributed by atoms with van der Waals surface area (Å²) >= 11 is 0. The van der Waals surface area contributed by atoms with Crippen LogP contribution in [-0.4, -0.2) is 30.3 Å². The van der Waals surface area contributed by atoms with E-state index < -0.39 is 5.97 Å². The molecule has 0 saturated carbocycles.